The Morgan fingerprint density at radius 1 is 0.800 bits per heavy atom. The average Bonchev–Trinajstić information content (AvgIpc) is 2.49. The van der Waals surface area contributed by atoms with Crippen molar-refractivity contribution < 1.29 is 0 Å². The maximum absolute atomic E-state index is 5.74. The van der Waals surface area contributed by atoms with Gasteiger partial charge in [-0.2, -0.15) is 0 Å². The van der Waals surface area contributed by atoms with Gasteiger partial charge in [0.2, 0.25) is 0 Å². The van der Waals surface area contributed by atoms with Crippen molar-refractivity contribution in [3.63, 3.8) is 0 Å². The van der Waals surface area contributed by atoms with E-state index in [0.29, 0.717) is 6.54 Å². The minimum atomic E-state index is 0.694. The summed E-state index contributed by atoms with van der Waals surface area (Å²) in [6.45, 7) is 5.71. The number of nitrogens with zero attached hydrogens (tertiary/aromatic N) is 1. The van der Waals surface area contributed by atoms with Crippen LogP contribution >= 0.6 is 0 Å². The van der Waals surface area contributed by atoms with Crippen LogP contribution in [0, 0.1) is 0 Å². The van der Waals surface area contributed by atoms with Crippen LogP contribution in [0.25, 0.3) is 0 Å². The summed E-state index contributed by atoms with van der Waals surface area (Å²) in [6.07, 6.45) is 1.09. The fraction of sp³-hybridized carbons (Fsp3) is 0.333. The minimum absolute atomic E-state index is 0.694. The molecule has 2 heteroatoms. The van der Waals surface area contributed by atoms with E-state index in [4.69, 9.17) is 5.73 Å². The van der Waals surface area contributed by atoms with Crippen LogP contribution in [-0.4, -0.2) is 18.0 Å². The molecule has 0 spiro atoms. The summed E-state index contributed by atoms with van der Waals surface area (Å²) >= 11 is 0. The molecular formula is C18H24N2. The zero-order valence-electron chi connectivity index (χ0n) is 12.3. The highest BCUT2D eigenvalue weighted by Crippen LogP contribution is 2.11. The smallest absolute Gasteiger partial charge is 0.0237 e. The van der Waals surface area contributed by atoms with Crippen molar-refractivity contribution in [1.82, 2.24) is 4.90 Å². The molecule has 0 saturated carbocycles. The van der Waals surface area contributed by atoms with Gasteiger partial charge in [0.1, 0.15) is 0 Å². The molecule has 2 nitrogen and oxygen atoms in total. The van der Waals surface area contributed by atoms with Crippen molar-refractivity contribution in [2.24, 2.45) is 5.73 Å². The van der Waals surface area contributed by atoms with Gasteiger partial charge in [-0.1, -0.05) is 61.5 Å². The Hall–Kier alpha value is -1.64. The van der Waals surface area contributed by atoms with E-state index in [1.54, 1.807) is 0 Å². The Morgan fingerprint density at radius 3 is 1.90 bits per heavy atom. The van der Waals surface area contributed by atoms with Crippen molar-refractivity contribution in [2.45, 2.75) is 26.4 Å². The predicted octanol–water partition coefficient (Wildman–Crippen LogP) is 3.21. The third-order valence-corrected chi connectivity index (χ3v) is 3.53. The summed E-state index contributed by atoms with van der Waals surface area (Å²) in [7, 11) is 0. The summed E-state index contributed by atoms with van der Waals surface area (Å²) in [4.78, 5) is 2.40. The summed E-state index contributed by atoms with van der Waals surface area (Å²) < 4.78 is 0. The largest absolute Gasteiger partial charge is 0.329 e. The second-order valence-corrected chi connectivity index (χ2v) is 5.15. The normalized spacial score (nSPS) is 10.9. The fourth-order valence-electron chi connectivity index (χ4n) is 2.38. The van der Waals surface area contributed by atoms with Gasteiger partial charge in [-0.25, -0.2) is 0 Å². The molecule has 0 saturated heterocycles. The van der Waals surface area contributed by atoms with Crippen LogP contribution in [0.15, 0.2) is 54.6 Å². The zero-order chi connectivity index (χ0) is 14.2. The first-order chi connectivity index (χ1) is 9.81. The van der Waals surface area contributed by atoms with Crippen molar-refractivity contribution in [3.05, 3.63) is 71.3 Å². The highest BCUT2D eigenvalue weighted by molar-refractivity contribution is 5.22. The highest BCUT2D eigenvalue weighted by Gasteiger charge is 2.06. The van der Waals surface area contributed by atoms with Gasteiger partial charge in [0.05, 0.1) is 0 Å². The Balaban J connectivity index is 2.00. The molecule has 0 aliphatic rings. The van der Waals surface area contributed by atoms with E-state index in [2.05, 4.69) is 66.4 Å². The summed E-state index contributed by atoms with van der Waals surface area (Å²) in [5.74, 6) is 0. The van der Waals surface area contributed by atoms with E-state index in [9.17, 15) is 0 Å². The molecule has 2 aromatic rings. The molecule has 0 atom stereocenters. The number of rotatable bonds is 7. The number of aryl methyl sites for hydroxylation is 1. The van der Waals surface area contributed by atoms with Crippen molar-refractivity contribution in [2.75, 3.05) is 13.1 Å². The Morgan fingerprint density at radius 2 is 1.35 bits per heavy atom. The van der Waals surface area contributed by atoms with E-state index in [1.165, 1.54) is 16.7 Å². The van der Waals surface area contributed by atoms with Crippen molar-refractivity contribution in [3.8, 4) is 0 Å². The standard InChI is InChI=1S/C18H24N2/c1-2-16-8-10-18(11-9-16)15-20(13-12-19)14-17-6-4-3-5-7-17/h3-11H,2,12-15,19H2,1H3. The molecule has 0 unspecified atom stereocenters. The van der Waals surface area contributed by atoms with E-state index in [-0.39, 0.29) is 0 Å². The lowest BCUT2D eigenvalue weighted by Crippen LogP contribution is -2.28. The van der Waals surface area contributed by atoms with Crippen LogP contribution in [0.4, 0.5) is 0 Å². The lowest BCUT2D eigenvalue weighted by atomic mass is 10.1. The summed E-state index contributed by atoms with van der Waals surface area (Å²) in [5.41, 5.74) is 9.82. The molecule has 0 bridgehead atoms. The fourth-order valence-corrected chi connectivity index (χ4v) is 2.38. The van der Waals surface area contributed by atoms with Crippen LogP contribution < -0.4 is 5.73 Å². The van der Waals surface area contributed by atoms with Crippen molar-refractivity contribution >= 4 is 0 Å². The van der Waals surface area contributed by atoms with E-state index in [0.717, 1.165) is 26.1 Å². The quantitative estimate of drug-likeness (QED) is 0.835. The van der Waals surface area contributed by atoms with Gasteiger partial charge in [-0.3, -0.25) is 4.90 Å². The van der Waals surface area contributed by atoms with Crippen LogP contribution in [0.5, 0.6) is 0 Å². The number of hydrogen-bond acceptors (Lipinski definition) is 2. The molecule has 106 valence electrons. The van der Waals surface area contributed by atoms with E-state index < -0.39 is 0 Å². The Kier molecular flexibility index (Phi) is 5.78. The van der Waals surface area contributed by atoms with Gasteiger partial charge in [0, 0.05) is 26.2 Å². The van der Waals surface area contributed by atoms with Gasteiger partial charge in [-0.15, -0.1) is 0 Å². The third kappa shape index (κ3) is 4.48. The number of nitrogens with two attached hydrogens (primary N) is 1. The van der Waals surface area contributed by atoms with Gasteiger partial charge >= 0.3 is 0 Å². The van der Waals surface area contributed by atoms with Crippen LogP contribution in [0.3, 0.4) is 0 Å². The van der Waals surface area contributed by atoms with Gasteiger partial charge in [-0.05, 0) is 23.1 Å². The molecular weight excluding hydrogens is 244 g/mol. The molecule has 0 aromatic heterocycles. The second-order valence-electron chi connectivity index (χ2n) is 5.15. The zero-order valence-corrected chi connectivity index (χ0v) is 12.3. The Bertz CT molecular complexity index is 491. The van der Waals surface area contributed by atoms with Crippen LogP contribution in [-0.2, 0) is 19.5 Å². The molecule has 2 N–H and O–H groups in total. The van der Waals surface area contributed by atoms with Crippen LogP contribution in [0.1, 0.15) is 23.6 Å². The molecule has 0 heterocycles. The lowest BCUT2D eigenvalue weighted by Gasteiger charge is -2.22. The molecule has 0 radical (unpaired) electrons. The van der Waals surface area contributed by atoms with Crippen LogP contribution in [0.2, 0.25) is 0 Å². The van der Waals surface area contributed by atoms with E-state index >= 15 is 0 Å². The number of benzene rings is 2. The van der Waals surface area contributed by atoms with Crippen molar-refractivity contribution in [1.29, 1.82) is 0 Å². The molecule has 2 rings (SSSR count). The van der Waals surface area contributed by atoms with Gasteiger partial charge in [0.15, 0.2) is 0 Å². The van der Waals surface area contributed by atoms with E-state index in [1.807, 2.05) is 0 Å². The summed E-state index contributed by atoms with van der Waals surface area (Å²) in [6, 6.07) is 19.5. The maximum atomic E-state index is 5.74. The lowest BCUT2D eigenvalue weighted by molar-refractivity contribution is 0.264. The molecule has 0 aliphatic heterocycles. The SMILES string of the molecule is CCc1ccc(CN(CCN)Cc2ccccc2)cc1. The topological polar surface area (TPSA) is 29.3 Å². The summed E-state index contributed by atoms with van der Waals surface area (Å²) in [5, 5.41) is 0. The molecule has 0 fully saturated rings. The average molecular weight is 268 g/mol. The van der Waals surface area contributed by atoms with Gasteiger partial charge in [0.25, 0.3) is 0 Å². The first kappa shape index (κ1) is 14.8. The second kappa shape index (κ2) is 7.83. The van der Waals surface area contributed by atoms with Gasteiger partial charge < -0.3 is 5.73 Å². The maximum Gasteiger partial charge on any atom is 0.0237 e. The molecule has 0 aliphatic carbocycles. The predicted molar refractivity (Wildman–Crippen MR) is 85.4 cm³/mol. The Labute approximate surface area is 122 Å². The highest BCUT2D eigenvalue weighted by atomic mass is 15.1. The first-order valence-electron chi connectivity index (χ1n) is 7.36. The molecule has 2 aromatic carbocycles. The third-order valence-electron chi connectivity index (χ3n) is 3.53. The molecule has 20 heavy (non-hydrogen) atoms. The molecule has 0 amide bonds. The monoisotopic (exact) mass is 268 g/mol. The first-order valence-corrected chi connectivity index (χ1v) is 7.36. The number of hydrogen-bond donors (Lipinski definition) is 1. The minimum Gasteiger partial charge on any atom is -0.329 e.